The van der Waals surface area contributed by atoms with Crippen LogP contribution >= 0.6 is 0 Å². The van der Waals surface area contributed by atoms with E-state index in [4.69, 9.17) is 0 Å². The molecule has 0 atom stereocenters. The summed E-state index contributed by atoms with van der Waals surface area (Å²) in [6.07, 6.45) is 0.759. The molecule has 0 aliphatic rings. The fraction of sp³-hybridized carbons (Fsp3) is 0.231. The van der Waals surface area contributed by atoms with E-state index in [1.54, 1.807) is 6.07 Å². The van der Waals surface area contributed by atoms with Gasteiger partial charge in [0.1, 0.15) is 0 Å². The van der Waals surface area contributed by atoms with Crippen molar-refractivity contribution >= 4 is 0 Å². The summed E-state index contributed by atoms with van der Waals surface area (Å²) in [6.45, 7) is 4.18. The molecule has 1 aromatic carbocycles. The summed E-state index contributed by atoms with van der Waals surface area (Å²) >= 11 is 0. The van der Waals surface area contributed by atoms with E-state index in [1.165, 1.54) is 22.8 Å². The molecule has 1 N–H and O–H groups in total. The average molecular weight is 214 g/mol. The number of rotatable bonds is 2. The number of aryl methyl sites for hydroxylation is 2. The maximum Gasteiger partial charge on any atom is 0.264 e. The van der Waals surface area contributed by atoms with Crippen LogP contribution in [0.2, 0.25) is 0 Å². The normalized spacial score (nSPS) is 10.4. The number of hydrogen-bond donors (Lipinski definition) is 1. The predicted octanol–water partition coefficient (Wildman–Crippen LogP) is 1.98. The Labute approximate surface area is 94.2 Å². The van der Waals surface area contributed by atoms with Crippen LogP contribution in [0.25, 0.3) is 0 Å². The number of H-pyrrole nitrogens is 1. The Morgan fingerprint density at radius 1 is 1.12 bits per heavy atom. The van der Waals surface area contributed by atoms with Gasteiger partial charge < -0.3 is 0 Å². The molecule has 0 bridgehead atoms. The van der Waals surface area contributed by atoms with E-state index in [1.807, 2.05) is 0 Å². The topological polar surface area (TPSA) is 45.8 Å². The molecule has 3 heteroatoms. The van der Waals surface area contributed by atoms with Gasteiger partial charge >= 0.3 is 0 Å². The van der Waals surface area contributed by atoms with Gasteiger partial charge in [-0.15, -0.1) is 0 Å². The molecule has 1 heterocycles. The smallest absolute Gasteiger partial charge is 0.264 e. The van der Waals surface area contributed by atoms with Gasteiger partial charge in [0.15, 0.2) is 0 Å². The van der Waals surface area contributed by atoms with E-state index in [-0.39, 0.29) is 5.56 Å². The Morgan fingerprint density at radius 2 is 1.81 bits per heavy atom. The molecule has 2 rings (SSSR count). The number of nitrogens with one attached hydrogen (secondary N) is 1. The second-order valence-corrected chi connectivity index (χ2v) is 3.96. The van der Waals surface area contributed by atoms with Crippen LogP contribution in [0.1, 0.15) is 22.4 Å². The zero-order valence-corrected chi connectivity index (χ0v) is 9.45. The first-order valence-electron chi connectivity index (χ1n) is 5.26. The molecule has 16 heavy (non-hydrogen) atoms. The van der Waals surface area contributed by atoms with E-state index < -0.39 is 0 Å². The zero-order valence-electron chi connectivity index (χ0n) is 9.45. The third-order valence-electron chi connectivity index (χ3n) is 2.74. The van der Waals surface area contributed by atoms with Crippen LogP contribution in [0.15, 0.2) is 35.1 Å². The van der Waals surface area contributed by atoms with Crippen molar-refractivity contribution in [3.8, 4) is 0 Å². The molecule has 0 spiro atoms. The number of benzene rings is 1. The van der Waals surface area contributed by atoms with Crippen LogP contribution in [-0.2, 0) is 6.42 Å². The van der Waals surface area contributed by atoms with Gasteiger partial charge in [0, 0.05) is 12.5 Å². The largest absolute Gasteiger partial charge is 0.268 e. The second-order valence-electron chi connectivity index (χ2n) is 3.96. The summed E-state index contributed by atoms with van der Waals surface area (Å²) in [5.74, 6) is 0. The minimum atomic E-state index is -0.162. The highest BCUT2D eigenvalue weighted by molar-refractivity contribution is 5.36. The van der Waals surface area contributed by atoms with Gasteiger partial charge in [-0.05, 0) is 36.6 Å². The van der Waals surface area contributed by atoms with Gasteiger partial charge in [0.2, 0.25) is 0 Å². The molecule has 0 aliphatic carbocycles. The molecule has 3 nitrogen and oxygen atoms in total. The van der Waals surface area contributed by atoms with Crippen LogP contribution in [0.5, 0.6) is 0 Å². The highest BCUT2D eigenvalue weighted by atomic mass is 16.1. The first-order chi connectivity index (χ1) is 7.66. The monoisotopic (exact) mass is 214 g/mol. The van der Waals surface area contributed by atoms with E-state index in [9.17, 15) is 4.79 Å². The first-order valence-corrected chi connectivity index (χ1v) is 5.26. The van der Waals surface area contributed by atoms with Crippen molar-refractivity contribution in [3.05, 3.63) is 63.1 Å². The van der Waals surface area contributed by atoms with Crippen LogP contribution in [0.3, 0.4) is 0 Å². The standard InChI is InChI=1S/C13H14N2O/c1-9-4-3-5-10(2)12(9)8-11-6-7-13(16)15-14-11/h3-7H,8H2,1-2H3,(H,15,16). The predicted molar refractivity (Wildman–Crippen MR) is 63.6 cm³/mol. The molecule has 0 saturated heterocycles. The van der Waals surface area contributed by atoms with Gasteiger partial charge in [-0.2, -0.15) is 5.10 Å². The van der Waals surface area contributed by atoms with Gasteiger partial charge in [-0.25, -0.2) is 5.10 Å². The van der Waals surface area contributed by atoms with Crippen LogP contribution in [0, 0.1) is 13.8 Å². The second kappa shape index (κ2) is 4.31. The summed E-state index contributed by atoms with van der Waals surface area (Å²) in [7, 11) is 0. The number of aromatic amines is 1. The van der Waals surface area contributed by atoms with Crippen molar-refractivity contribution in [2.24, 2.45) is 0 Å². The fourth-order valence-corrected chi connectivity index (χ4v) is 1.78. The highest BCUT2D eigenvalue weighted by Gasteiger charge is 2.04. The zero-order chi connectivity index (χ0) is 11.5. The summed E-state index contributed by atoms with van der Waals surface area (Å²) in [4.78, 5) is 10.9. The lowest BCUT2D eigenvalue weighted by Gasteiger charge is -2.08. The molecule has 0 aliphatic heterocycles. The van der Waals surface area contributed by atoms with Gasteiger partial charge in [0.05, 0.1) is 5.69 Å². The fourth-order valence-electron chi connectivity index (χ4n) is 1.78. The average Bonchev–Trinajstić information content (AvgIpc) is 2.26. The molecule has 0 radical (unpaired) electrons. The molecular formula is C13H14N2O. The Kier molecular flexibility index (Phi) is 2.86. The minimum absolute atomic E-state index is 0.162. The molecule has 0 amide bonds. The lowest BCUT2D eigenvalue weighted by Crippen LogP contribution is -2.08. The number of nitrogens with zero attached hydrogens (tertiary/aromatic N) is 1. The number of hydrogen-bond acceptors (Lipinski definition) is 2. The molecule has 0 fully saturated rings. The quantitative estimate of drug-likeness (QED) is 0.830. The minimum Gasteiger partial charge on any atom is -0.268 e. The SMILES string of the molecule is Cc1cccc(C)c1Cc1ccc(=O)[nH]n1. The lowest BCUT2D eigenvalue weighted by atomic mass is 9.99. The third-order valence-corrected chi connectivity index (χ3v) is 2.74. The Hall–Kier alpha value is -1.90. The van der Waals surface area contributed by atoms with Crippen molar-refractivity contribution in [2.45, 2.75) is 20.3 Å². The van der Waals surface area contributed by atoms with Gasteiger partial charge in [-0.1, -0.05) is 18.2 Å². The summed E-state index contributed by atoms with van der Waals surface area (Å²) < 4.78 is 0. The van der Waals surface area contributed by atoms with Gasteiger partial charge in [0.25, 0.3) is 5.56 Å². The third kappa shape index (κ3) is 2.19. The molecule has 2 aromatic rings. The Morgan fingerprint density at radius 3 is 2.38 bits per heavy atom. The summed E-state index contributed by atoms with van der Waals surface area (Å²) in [5.41, 5.74) is 4.52. The van der Waals surface area contributed by atoms with Crippen LogP contribution in [-0.4, -0.2) is 10.2 Å². The molecule has 1 aromatic heterocycles. The van der Waals surface area contributed by atoms with Crippen molar-refractivity contribution in [1.82, 2.24) is 10.2 Å². The molecular weight excluding hydrogens is 200 g/mol. The Balaban J connectivity index is 2.34. The number of aromatic nitrogens is 2. The van der Waals surface area contributed by atoms with Crippen molar-refractivity contribution in [2.75, 3.05) is 0 Å². The van der Waals surface area contributed by atoms with E-state index in [0.29, 0.717) is 0 Å². The Bertz CT molecular complexity index is 517. The van der Waals surface area contributed by atoms with E-state index in [2.05, 4.69) is 42.2 Å². The summed E-state index contributed by atoms with van der Waals surface area (Å²) in [6, 6.07) is 9.51. The van der Waals surface area contributed by atoms with Gasteiger partial charge in [-0.3, -0.25) is 4.79 Å². The maximum absolute atomic E-state index is 10.9. The molecule has 82 valence electrons. The molecule has 0 saturated carbocycles. The van der Waals surface area contributed by atoms with Crippen molar-refractivity contribution < 1.29 is 0 Å². The highest BCUT2D eigenvalue weighted by Crippen LogP contribution is 2.16. The van der Waals surface area contributed by atoms with Crippen LogP contribution in [0.4, 0.5) is 0 Å². The molecule has 0 unspecified atom stereocenters. The van der Waals surface area contributed by atoms with Crippen molar-refractivity contribution in [1.29, 1.82) is 0 Å². The first kappa shape index (κ1) is 10.6. The van der Waals surface area contributed by atoms with E-state index >= 15 is 0 Å². The van der Waals surface area contributed by atoms with Crippen LogP contribution < -0.4 is 5.56 Å². The lowest BCUT2D eigenvalue weighted by molar-refractivity contribution is 0.904. The van der Waals surface area contributed by atoms with Crippen molar-refractivity contribution in [3.63, 3.8) is 0 Å². The van der Waals surface area contributed by atoms with E-state index in [0.717, 1.165) is 12.1 Å². The summed E-state index contributed by atoms with van der Waals surface area (Å²) in [5, 5.41) is 6.47. The maximum atomic E-state index is 10.9.